The van der Waals surface area contributed by atoms with Gasteiger partial charge in [0, 0.05) is 22.6 Å². The lowest BCUT2D eigenvalue weighted by Crippen LogP contribution is -2.45. The first kappa shape index (κ1) is 17.0. The third-order valence-corrected chi connectivity index (χ3v) is 5.41. The van der Waals surface area contributed by atoms with Crippen LogP contribution in [0.1, 0.15) is 33.9 Å². The molecule has 2 atom stereocenters. The average molecular weight is 389 g/mol. The van der Waals surface area contributed by atoms with Crippen LogP contribution in [0.4, 0.5) is 0 Å². The highest BCUT2D eigenvalue weighted by Crippen LogP contribution is 2.43. The van der Waals surface area contributed by atoms with Crippen LogP contribution in [0, 0.1) is 0 Å². The van der Waals surface area contributed by atoms with Crippen molar-refractivity contribution in [2.75, 3.05) is 0 Å². The number of Topliss-reactive ketones (excluding diaryl/α,β-unsaturated/α-hetero) is 1. The van der Waals surface area contributed by atoms with Gasteiger partial charge in [-0.3, -0.25) is 4.79 Å². The second kappa shape index (κ2) is 6.80. The summed E-state index contributed by atoms with van der Waals surface area (Å²) in [6, 6.07) is 24.7. The second-order valence-electron chi connectivity index (χ2n) is 6.89. The Labute approximate surface area is 168 Å². The number of ketones is 1. The third-order valence-electron chi connectivity index (χ3n) is 5.16. The Morgan fingerprint density at radius 3 is 2.46 bits per heavy atom. The van der Waals surface area contributed by atoms with Crippen LogP contribution in [-0.4, -0.2) is 22.7 Å². The predicted octanol–water partition coefficient (Wildman–Crippen LogP) is 5.09. The molecule has 28 heavy (non-hydrogen) atoms. The molecule has 0 aliphatic carbocycles. The molecular weight excluding hydrogens is 372 g/mol. The van der Waals surface area contributed by atoms with Gasteiger partial charge in [-0.05, 0) is 23.8 Å². The SMILES string of the molecule is O=C(c1ccccc1)[C@H]1Oc2ccccc2[C@H]2CC(c3ccc(Cl)cc3)=NN12. The molecule has 0 fully saturated rings. The van der Waals surface area contributed by atoms with E-state index in [0.717, 1.165) is 22.6 Å². The quantitative estimate of drug-likeness (QED) is 0.587. The number of rotatable bonds is 3. The third kappa shape index (κ3) is 2.86. The van der Waals surface area contributed by atoms with Gasteiger partial charge in [-0.15, -0.1) is 0 Å². The summed E-state index contributed by atoms with van der Waals surface area (Å²) < 4.78 is 6.11. The molecule has 0 amide bonds. The van der Waals surface area contributed by atoms with Crippen molar-refractivity contribution in [3.05, 3.63) is 101 Å². The van der Waals surface area contributed by atoms with E-state index in [4.69, 9.17) is 21.4 Å². The van der Waals surface area contributed by atoms with Crippen molar-refractivity contribution in [1.29, 1.82) is 0 Å². The molecule has 0 unspecified atom stereocenters. The highest BCUT2D eigenvalue weighted by Gasteiger charge is 2.43. The topological polar surface area (TPSA) is 41.9 Å². The fourth-order valence-corrected chi connectivity index (χ4v) is 3.89. The first-order chi connectivity index (χ1) is 13.7. The zero-order chi connectivity index (χ0) is 19.1. The second-order valence-corrected chi connectivity index (χ2v) is 7.33. The van der Waals surface area contributed by atoms with Gasteiger partial charge >= 0.3 is 0 Å². The summed E-state index contributed by atoms with van der Waals surface area (Å²) in [5.74, 6) is 0.645. The Morgan fingerprint density at radius 2 is 1.68 bits per heavy atom. The number of hydrogen-bond donors (Lipinski definition) is 0. The van der Waals surface area contributed by atoms with E-state index < -0.39 is 6.23 Å². The summed E-state index contributed by atoms with van der Waals surface area (Å²) in [7, 11) is 0. The number of hydrazone groups is 1. The Balaban J connectivity index is 1.56. The Kier molecular flexibility index (Phi) is 4.14. The van der Waals surface area contributed by atoms with Crippen molar-refractivity contribution >= 4 is 23.1 Å². The molecule has 3 aromatic rings. The summed E-state index contributed by atoms with van der Waals surface area (Å²) in [6.45, 7) is 0. The maximum Gasteiger partial charge on any atom is 0.251 e. The van der Waals surface area contributed by atoms with Crippen molar-refractivity contribution in [2.24, 2.45) is 5.10 Å². The molecule has 0 saturated carbocycles. The van der Waals surface area contributed by atoms with Gasteiger partial charge in [-0.25, -0.2) is 5.01 Å². The minimum absolute atomic E-state index is 0.0340. The molecule has 0 radical (unpaired) electrons. The fourth-order valence-electron chi connectivity index (χ4n) is 3.77. The largest absolute Gasteiger partial charge is 0.461 e. The summed E-state index contributed by atoms with van der Waals surface area (Å²) >= 11 is 6.02. The molecule has 5 rings (SSSR count). The number of halogens is 1. The van der Waals surface area contributed by atoms with Gasteiger partial charge < -0.3 is 4.74 Å². The van der Waals surface area contributed by atoms with Crippen molar-refractivity contribution in [2.45, 2.75) is 18.7 Å². The zero-order valence-corrected chi connectivity index (χ0v) is 15.7. The number of ether oxygens (including phenoxy) is 1. The van der Waals surface area contributed by atoms with E-state index in [1.54, 1.807) is 12.1 Å². The van der Waals surface area contributed by atoms with Gasteiger partial charge in [0.05, 0.1) is 11.8 Å². The molecule has 2 aliphatic rings. The van der Waals surface area contributed by atoms with Gasteiger partial charge in [0.2, 0.25) is 5.78 Å². The van der Waals surface area contributed by atoms with Crippen LogP contribution < -0.4 is 4.74 Å². The molecule has 4 nitrogen and oxygen atoms in total. The first-order valence-corrected chi connectivity index (χ1v) is 9.55. The van der Waals surface area contributed by atoms with Gasteiger partial charge in [0.1, 0.15) is 5.75 Å². The lowest BCUT2D eigenvalue weighted by atomic mass is 9.96. The first-order valence-electron chi connectivity index (χ1n) is 9.17. The van der Waals surface area contributed by atoms with Crippen molar-refractivity contribution in [1.82, 2.24) is 5.01 Å². The van der Waals surface area contributed by atoms with E-state index >= 15 is 0 Å². The van der Waals surface area contributed by atoms with E-state index in [-0.39, 0.29) is 11.8 Å². The van der Waals surface area contributed by atoms with E-state index in [9.17, 15) is 4.79 Å². The standard InChI is InChI=1S/C23H17ClN2O2/c24-17-12-10-15(11-13-17)19-14-20-18-8-4-5-9-21(18)28-23(26(20)25-19)22(27)16-6-2-1-3-7-16/h1-13,20,23H,14H2/t20-,23-/m1/s1. The number of benzene rings is 3. The number of para-hydroxylation sites is 1. The minimum atomic E-state index is -0.785. The van der Waals surface area contributed by atoms with Gasteiger partial charge in [-0.2, -0.15) is 5.10 Å². The van der Waals surface area contributed by atoms with Crippen LogP contribution in [0.5, 0.6) is 5.75 Å². The van der Waals surface area contributed by atoms with E-state index in [0.29, 0.717) is 17.0 Å². The van der Waals surface area contributed by atoms with E-state index in [1.165, 1.54) is 0 Å². The Bertz CT molecular complexity index is 1060. The van der Waals surface area contributed by atoms with Crippen molar-refractivity contribution in [3.63, 3.8) is 0 Å². The van der Waals surface area contributed by atoms with E-state index in [2.05, 4.69) is 0 Å². The molecule has 3 aromatic carbocycles. The van der Waals surface area contributed by atoms with Gasteiger partial charge in [-0.1, -0.05) is 72.3 Å². The normalized spacial score (nSPS) is 20.0. The molecule has 0 bridgehead atoms. The summed E-state index contributed by atoms with van der Waals surface area (Å²) in [4.78, 5) is 13.2. The molecule has 138 valence electrons. The number of fused-ring (bicyclic) bond motifs is 3. The smallest absolute Gasteiger partial charge is 0.251 e. The number of carbonyl (C=O) groups is 1. The molecule has 2 aliphatic heterocycles. The molecule has 0 spiro atoms. The van der Waals surface area contributed by atoms with Gasteiger partial charge in [0.15, 0.2) is 0 Å². The highest BCUT2D eigenvalue weighted by molar-refractivity contribution is 6.30. The zero-order valence-electron chi connectivity index (χ0n) is 15.0. The maximum atomic E-state index is 13.2. The molecule has 0 saturated heterocycles. The van der Waals surface area contributed by atoms with Crippen molar-refractivity contribution < 1.29 is 9.53 Å². The van der Waals surface area contributed by atoms with E-state index in [1.807, 2.05) is 71.7 Å². The molecule has 0 N–H and O–H groups in total. The number of nitrogens with zero attached hydrogens (tertiary/aromatic N) is 2. The lowest BCUT2D eigenvalue weighted by Gasteiger charge is -2.37. The molecule has 5 heteroatoms. The molecule has 2 heterocycles. The number of hydrogen-bond acceptors (Lipinski definition) is 4. The van der Waals surface area contributed by atoms with Crippen LogP contribution in [0.15, 0.2) is 84.0 Å². The lowest BCUT2D eigenvalue weighted by molar-refractivity contribution is -0.00455. The van der Waals surface area contributed by atoms with Crippen LogP contribution in [0.2, 0.25) is 5.02 Å². The summed E-state index contributed by atoms with van der Waals surface area (Å²) in [5, 5.41) is 7.29. The van der Waals surface area contributed by atoms with Crippen LogP contribution in [0.3, 0.4) is 0 Å². The number of carbonyl (C=O) groups excluding carboxylic acids is 1. The summed E-state index contributed by atoms with van der Waals surface area (Å²) in [6.07, 6.45) is -0.0762. The Morgan fingerprint density at radius 1 is 0.964 bits per heavy atom. The molecule has 0 aromatic heterocycles. The van der Waals surface area contributed by atoms with Crippen LogP contribution in [-0.2, 0) is 0 Å². The predicted molar refractivity (Wildman–Crippen MR) is 109 cm³/mol. The monoisotopic (exact) mass is 388 g/mol. The minimum Gasteiger partial charge on any atom is -0.461 e. The Hall–Kier alpha value is -3.11. The average Bonchev–Trinajstić information content (AvgIpc) is 3.19. The maximum absolute atomic E-state index is 13.2. The van der Waals surface area contributed by atoms with Crippen LogP contribution in [0.25, 0.3) is 0 Å². The molecular formula is C23H17ClN2O2. The fraction of sp³-hybridized carbons (Fsp3) is 0.130. The van der Waals surface area contributed by atoms with Crippen LogP contribution >= 0.6 is 11.6 Å². The highest BCUT2D eigenvalue weighted by atomic mass is 35.5. The summed E-state index contributed by atoms with van der Waals surface area (Å²) in [5.41, 5.74) is 3.59. The van der Waals surface area contributed by atoms with Crippen molar-refractivity contribution in [3.8, 4) is 5.75 Å². The van der Waals surface area contributed by atoms with Gasteiger partial charge in [0.25, 0.3) is 6.23 Å².